The number of hydrogen-bond acceptors (Lipinski definition) is 3. The van der Waals surface area contributed by atoms with E-state index in [2.05, 4.69) is 43.3 Å². The largest absolute Gasteiger partial charge is 0.388 e. The molecular formula is C15H37N3. The minimum absolute atomic E-state index is 0.978. The fourth-order valence-corrected chi connectivity index (χ4v) is 1.07. The highest BCUT2D eigenvalue weighted by Crippen LogP contribution is 1.95. The molecule has 0 aromatic rings. The fraction of sp³-hybridized carbons (Fsp3) is 0.867. The van der Waals surface area contributed by atoms with Gasteiger partial charge in [0.2, 0.25) is 0 Å². The maximum Gasteiger partial charge on any atom is 0.0269 e. The maximum atomic E-state index is 3.96. The van der Waals surface area contributed by atoms with Gasteiger partial charge in [-0.2, -0.15) is 0 Å². The first-order valence-corrected chi connectivity index (χ1v) is 7.49. The maximum absolute atomic E-state index is 3.96. The van der Waals surface area contributed by atoms with Gasteiger partial charge in [0.1, 0.15) is 0 Å². The van der Waals surface area contributed by atoms with Crippen molar-refractivity contribution in [2.75, 3.05) is 33.2 Å². The summed E-state index contributed by atoms with van der Waals surface area (Å²) in [5.41, 5.74) is 1.15. The molecule has 0 radical (unpaired) electrons. The normalized spacial score (nSPS) is 8.56. The Bertz CT molecular complexity index is 136. The lowest BCUT2D eigenvalue weighted by Gasteiger charge is -2.09. The Kier molecular flexibility index (Phi) is 31.8. The number of nitrogens with one attached hydrogen (secondary N) is 3. The summed E-state index contributed by atoms with van der Waals surface area (Å²) in [5, 5.41) is 9.66. The molecule has 0 rings (SSSR count). The molecule has 0 fully saturated rings. The van der Waals surface area contributed by atoms with Crippen LogP contribution < -0.4 is 16.0 Å². The second kappa shape index (κ2) is 25.3. The zero-order valence-electron chi connectivity index (χ0n) is 13.7. The highest BCUT2D eigenvalue weighted by atomic mass is 14.9. The third kappa shape index (κ3) is 29.5. The summed E-state index contributed by atoms with van der Waals surface area (Å²) in [7, 11) is 1.97. The van der Waals surface area contributed by atoms with E-state index >= 15 is 0 Å². The summed E-state index contributed by atoms with van der Waals surface area (Å²) in [6, 6.07) is 0. The molecule has 0 atom stereocenters. The Morgan fingerprint density at radius 1 is 1.00 bits per heavy atom. The lowest BCUT2D eigenvalue weighted by atomic mass is 10.2. The molecular weight excluding hydrogens is 222 g/mol. The van der Waals surface area contributed by atoms with Crippen molar-refractivity contribution in [3.8, 4) is 0 Å². The van der Waals surface area contributed by atoms with Crippen LogP contribution >= 0.6 is 0 Å². The van der Waals surface area contributed by atoms with Crippen LogP contribution in [0.4, 0.5) is 0 Å². The van der Waals surface area contributed by atoms with Gasteiger partial charge in [0.15, 0.2) is 0 Å². The van der Waals surface area contributed by atoms with E-state index in [1.165, 1.54) is 6.42 Å². The Labute approximate surface area is 116 Å². The van der Waals surface area contributed by atoms with Gasteiger partial charge in [-0.3, -0.25) is 0 Å². The summed E-state index contributed by atoms with van der Waals surface area (Å²) in [4.78, 5) is 0. The van der Waals surface area contributed by atoms with Gasteiger partial charge in [-0.25, -0.2) is 0 Å². The van der Waals surface area contributed by atoms with E-state index in [0.717, 1.165) is 44.7 Å². The van der Waals surface area contributed by atoms with Crippen molar-refractivity contribution in [1.29, 1.82) is 0 Å². The van der Waals surface area contributed by atoms with Crippen molar-refractivity contribution in [3.05, 3.63) is 12.3 Å². The van der Waals surface area contributed by atoms with Crippen LogP contribution in [-0.2, 0) is 0 Å². The van der Waals surface area contributed by atoms with Gasteiger partial charge < -0.3 is 16.0 Å². The highest BCUT2D eigenvalue weighted by Gasteiger charge is 1.92. The molecule has 3 heteroatoms. The van der Waals surface area contributed by atoms with Crippen LogP contribution in [0, 0.1) is 0 Å². The van der Waals surface area contributed by atoms with Gasteiger partial charge in [-0.15, -0.1) is 0 Å². The summed E-state index contributed by atoms with van der Waals surface area (Å²) in [6.45, 7) is 18.4. The third-order valence-corrected chi connectivity index (χ3v) is 1.83. The van der Waals surface area contributed by atoms with Crippen molar-refractivity contribution in [3.63, 3.8) is 0 Å². The second-order valence-corrected chi connectivity index (χ2v) is 3.80. The summed E-state index contributed by atoms with van der Waals surface area (Å²) < 4.78 is 0. The molecule has 0 saturated heterocycles. The summed E-state index contributed by atoms with van der Waals surface area (Å²) in [5.74, 6) is 0. The van der Waals surface area contributed by atoms with E-state index in [-0.39, 0.29) is 0 Å². The van der Waals surface area contributed by atoms with Crippen LogP contribution in [0.25, 0.3) is 0 Å². The molecule has 0 aliphatic rings. The highest BCUT2D eigenvalue weighted by molar-refractivity contribution is 4.90. The molecule has 0 aliphatic heterocycles. The van der Waals surface area contributed by atoms with Crippen molar-refractivity contribution in [1.82, 2.24) is 16.0 Å². The van der Waals surface area contributed by atoms with Crippen molar-refractivity contribution in [2.24, 2.45) is 0 Å². The Balaban J connectivity index is -0.000000389. The van der Waals surface area contributed by atoms with Crippen LogP contribution in [0.3, 0.4) is 0 Å². The van der Waals surface area contributed by atoms with Crippen LogP contribution in [-0.4, -0.2) is 33.2 Å². The molecule has 0 bridgehead atoms. The van der Waals surface area contributed by atoms with E-state index in [4.69, 9.17) is 0 Å². The van der Waals surface area contributed by atoms with Crippen molar-refractivity contribution < 1.29 is 0 Å². The molecule has 0 aromatic carbocycles. The van der Waals surface area contributed by atoms with Crippen LogP contribution in [0.15, 0.2) is 12.3 Å². The molecule has 0 aliphatic carbocycles. The second-order valence-electron chi connectivity index (χ2n) is 3.80. The van der Waals surface area contributed by atoms with Crippen molar-refractivity contribution >= 4 is 0 Å². The number of likely N-dealkylation sites (N-methyl/N-ethyl adjacent to an activating group) is 1. The third-order valence-electron chi connectivity index (χ3n) is 1.83. The first-order chi connectivity index (χ1) is 8.72. The van der Waals surface area contributed by atoms with Gasteiger partial charge in [0.25, 0.3) is 0 Å². The van der Waals surface area contributed by atoms with E-state index in [1.54, 1.807) is 0 Å². The molecule has 0 unspecified atom stereocenters. The smallest absolute Gasteiger partial charge is 0.0269 e. The summed E-state index contributed by atoms with van der Waals surface area (Å²) >= 11 is 0. The van der Waals surface area contributed by atoms with E-state index in [9.17, 15) is 0 Å². The Morgan fingerprint density at radius 3 is 2.00 bits per heavy atom. The van der Waals surface area contributed by atoms with Gasteiger partial charge in [-0.1, -0.05) is 47.6 Å². The molecule has 3 nitrogen and oxygen atoms in total. The van der Waals surface area contributed by atoms with Crippen LogP contribution in [0.5, 0.6) is 0 Å². The molecule has 0 spiro atoms. The monoisotopic (exact) mass is 259 g/mol. The van der Waals surface area contributed by atoms with Gasteiger partial charge >= 0.3 is 0 Å². The Hall–Kier alpha value is -0.540. The average molecular weight is 259 g/mol. The molecule has 0 heterocycles. The number of hydrogen-bond donors (Lipinski definition) is 3. The zero-order chi connectivity index (χ0) is 14.6. The van der Waals surface area contributed by atoms with Crippen LogP contribution in [0.1, 0.15) is 53.9 Å². The minimum atomic E-state index is 0.978. The van der Waals surface area contributed by atoms with Gasteiger partial charge in [0, 0.05) is 18.8 Å². The molecule has 0 saturated carbocycles. The topological polar surface area (TPSA) is 36.1 Å². The minimum Gasteiger partial charge on any atom is -0.388 e. The number of rotatable bonds is 9. The van der Waals surface area contributed by atoms with Gasteiger partial charge in [-0.05, 0) is 33.0 Å². The molecule has 0 aromatic heterocycles. The molecule has 112 valence electrons. The number of allylic oxidation sites excluding steroid dienone is 1. The van der Waals surface area contributed by atoms with E-state index in [0.29, 0.717) is 0 Å². The van der Waals surface area contributed by atoms with Crippen molar-refractivity contribution in [2.45, 2.75) is 53.9 Å². The zero-order valence-corrected chi connectivity index (χ0v) is 13.7. The SMILES string of the molecule is C=C(CCCNC)NCCNCC.CC.CCC. The molecule has 18 heavy (non-hydrogen) atoms. The quantitative estimate of drug-likeness (QED) is 0.557. The molecule has 0 amide bonds. The predicted octanol–water partition coefficient (Wildman–Crippen LogP) is 3.14. The average Bonchev–Trinajstić information content (AvgIpc) is 2.38. The van der Waals surface area contributed by atoms with E-state index < -0.39 is 0 Å². The lowest BCUT2D eigenvalue weighted by Crippen LogP contribution is -2.26. The van der Waals surface area contributed by atoms with E-state index in [1.807, 2.05) is 20.9 Å². The standard InChI is InChI=1S/C10H23N3.C3H8.C2H6/c1-4-12-8-9-13-10(2)6-5-7-11-3;1-3-2;1-2/h11-13H,2,4-9H2,1,3H3;3H2,1-2H3;1-2H3. The molecule has 3 N–H and O–H groups in total. The summed E-state index contributed by atoms with van der Waals surface area (Å²) in [6.07, 6.45) is 3.47. The van der Waals surface area contributed by atoms with Gasteiger partial charge in [0.05, 0.1) is 0 Å². The predicted molar refractivity (Wildman–Crippen MR) is 86.2 cm³/mol. The lowest BCUT2D eigenvalue weighted by molar-refractivity contribution is 0.639. The van der Waals surface area contributed by atoms with Crippen LogP contribution in [0.2, 0.25) is 0 Å². The first-order valence-electron chi connectivity index (χ1n) is 7.49. The Morgan fingerprint density at radius 2 is 1.56 bits per heavy atom. The first kappa shape index (κ1) is 22.6. The fourth-order valence-electron chi connectivity index (χ4n) is 1.07.